The van der Waals surface area contributed by atoms with E-state index >= 15 is 0 Å². The maximum atomic E-state index is 11.2. The molecule has 15 heavy (non-hydrogen) atoms. The van der Waals surface area contributed by atoms with Crippen LogP contribution in [0.15, 0.2) is 0 Å². The van der Waals surface area contributed by atoms with Gasteiger partial charge in [-0.2, -0.15) is 0 Å². The standard InChI is InChI=1S/C8H11N2O4.Pt/c1-8(2,9)7(13)14-10-5(11)3-4-6(10)12;/h9H,3-4H2,1-2H3;/q-1;+2. The third-order valence-corrected chi connectivity index (χ3v) is 1.69. The average molecular weight is 394 g/mol. The summed E-state index contributed by atoms with van der Waals surface area (Å²) in [6, 6.07) is 0. The zero-order chi connectivity index (χ0) is 10.9. The fraction of sp³-hybridized carbons (Fsp3) is 0.625. The fourth-order valence-electron chi connectivity index (χ4n) is 0.855. The van der Waals surface area contributed by atoms with Gasteiger partial charge < -0.3 is 10.6 Å². The summed E-state index contributed by atoms with van der Waals surface area (Å²) in [4.78, 5) is 37.7. The monoisotopic (exact) mass is 394 g/mol. The van der Waals surface area contributed by atoms with E-state index in [9.17, 15) is 14.4 Å². The van der Waals surface area contributed by atoms with Gasteiger partial charge in [0.2, 0.25) is 0 Å². The number of rotatable bonds is 2. The number of carbonyl (C=O) groups excluding carboxylic acids is 3. The molecule has 0 radical (unpaired) electrons. The fourth-order valence-corrected chi connectivity index (χ4v) is 0.855. The molecule has 0 aromatic heterocycles. The van der Waals surface area contributed by atoms with E-state index in [1.165, 1.54) is 13.8 Å². The second-order valence-corrected chi connectivity index (χ2v) is 3.59. The molecule has 0 saturated carbocycles. The summed E-state index contributed by atoms with van der Waals surface area (Å²) in [5, 5.41) is 0.443. The quantitative estimate of drug-likeness (QED) is 0.636. The average Bonchev–Trinajstić information content (AvgIpc) is 2.34. The Balaban J connectivity index is 0.00000196. The van der Waals surface area contributed by atoms with Crippen LogP contribution in [0.25, 0.3) is 5.73 Å². The van der Waals surface area contributed by atoms with Crippen molar-refractivity contribution in [3.8, 4) is 0 Å². The molecule has 2 amide bonds. The molecule has 0 aliphatic carbocycles. The van der Waals surface area contributed by atoms with E-state index in [4.69, 9.17) is 5.73 Å². The number of hydroxylamine groups is 2. The molecule has 1 rings (SSSR count). The van der Waals surface area contributed by atoms with Crippen molar-refractivity contribution in [1.29, 1.82) is 0 Å². The van der Waals surface area contributed by atoms with Crippen LogP contribution in [-0.4, -0.2) is 28.4 Å². The van der Waals surface area contributed by atoms with Crippen LogP contribution in [0.1, 0.15) is 26.7 Å². The molecule has 1 aliphatic heterocycles. The van der Waals surface area contributed by atoms with Gasteiger partial charge >= 0.3 is 27.0 Å². The van der Waals surface area contributed by atoms with Crippen LogP contribution in [0.2, 0.25) is 0 Å². The number of amides is 2. The number of imide groups is 1. The van der Waals surface area contributed by atoms with E-state index in [1.54, 1.807) is 0 Å². The largest absolute Gasteiger partial charge is 2.00 e. The van der Waals surface area contributed by atoms with Gasteiger partial charge in [-0.1, -0.05) is 13.8 Å². The minimum absolute atomic E-state index is 0. The molecule has 0 unspecified atom stereocenters. The van der Waals surface area contributed by atoms with Gasteiger partial charge in [0.25, 0.3) is 11.8 Å². The molecule has 1 fully saturated rings. The van der Waals surface area contributed by atoms with Crippen molar-refractivity contribution in [2.75, 3.05) is 0 Å². The first-order chi connectivity index (χ1) is 6.32. The summed E-state index contributed by atoms with van der Waals surface area (Å²) >= 11 is 0. The molecule has 0 aromatic rings. The Labute approximate surface area is 101 Å². The van der Waals surface area contributed by atoms with Crippen molar-refractivity contribution in [3.05, 3.63) is 5.73 Å². The minimum Gasteiger partial charge on any atom is -0.663 e. The summed E-state index contributed by atoms with van der Waals surface area (Å²) in [6.07, 6.45) is 0.120. The van der Waals surface area contributed by atoms with Gasteiger partial charge in [-0.25, -0.2) is 0 Å². The molecule has 0 spiro atoms. The van der Waals surface area contributed by atoms with E-state index in [-0.39, 0.29) is 33.9 Å². The van der Waals surface area contributed by atoms with E-state index in [0.717, 1.165) is 0 Å². The molecule has 1 aliphatic rings. The number of nitrogens with zero attached hydrogens (tertiary/aromatic N) is 1. The van der Waals surface area contributed by atoms with Crippen LogP contribution in [0.3, 0.4) is 0 Å². The first-order valence-electron chi connectivity index (χ1n) is 4.15. The van der Waals surface area contributed by atoms with Gasteiger partial charge in [-0.15, -0.1) is 5.06 Å². The molecule has 1 saturated heterocycles. The molecule has 86 valence electrons. The third-order valence-electron chi connectivity index (χ3n) is 1.69. The Morgan fingerprint density at radius 2 is 1.73 bits per heavy atom. The van der Waals surface area contributed by atoms with E-state index in [1.807, 2.05) is 0 Å². The number of hydrogen-bond donors (Lipinski definition) is 0. The number of nitrogens with one attached hydrogen (secondary N) is 1. The van der Waals surface area contributed by atoms with Gasteiger partial charge in [0.05, 0.1) is 0 Å². The van der Waals surface area contributed by atoms with Gasteiger partial charge in [0.1, 0.15) is 0 Å². The zero-order valence-corrected chi connectivity index (χ0v) is 10.6. The minimum atomic E-state index is -1.47. The summed E-state index contributed by atoms with van der Waals surface area (Å²) in [6.45, 7) is 2.64. The molecule has 0 atom stereocenters. The van der Waals surface area contributed by atoms with Crippen LogP contribution in [0.5, 0.6) is 0 Å². The van der Waals surface area contributed by atoms with Crippen molar-refractivity contribution in [2.24, 2.45) is 0 Å². The van der Waals surface area contributed by atoms with Crippen LogP contribution in [0, 0.1) is 0 Å². The zero-order valence-electron chi connectivity index (χ0n) is 8.31. The van der Waals surface area contributed by atoms with Crippen LogP contribution >= 0.6 is 0 Å². The molecular formula is C8H11N2O4Pt+. The molecule has 7 heteroatoms. The Hall–Kier alpha value is -0.742. The van der Waals surface area contributed by atoms with E-state index < -0.39 is 23.3 Å². The summed E-state index contributed by atoms with van der Waals surface area (Å²) in [7, 11) is 0. The van der Waals surface area contributed by atoms with Crippen molar-refractivity contribution >= 4 is 17.8 Å². The molecule has 0 aromatic carbocycles. The van der Waals surface area contributed by atoms with Gasteiger partial charge in [0.15, 0.2) is 0 Å². The Morgan fingerprint density at radius 3 is 2.07 bits per heavy atom. The van der Waals surface area contributed by atoms with Crippen molar-refractivity contribution in [1.82, 2.24) is 5.06 Å². The number of carbonyl (C=O) groups is 3. The molecule has 1 heterocycles. The van der Waals surface area contributed by atoms with Crippen molar-refractivity contribution in [3.63, 3.8) is 0 Å². The predicted molar refractivity (Wildman–Crippen MR) is 45.6 cm³/mol. The van der Waals surface area contributed by atoms with Crippen molar-refractivity contribution in [2.45, 2.75) is 32.2 Å². The van der Waals surface area contributed by atoms with Gasteiger partial charge in [-0.05, 0) is 5.54 Å². The molecular weight excluding hydrogens is 383 g/mol. The Kier molecular flexibility index (Phi) is 4.61. The smallest absolute Gasteiger partial charge is 0.663 e. The van der Waals surface area contributed by atoms with E-state index in [2.05, 4.69) is 4.84 Å². The molecule has 6 nitrogen and oxygen atoms in total. The van der Waals surface area contributed by atoms with E-state index in [0.29, 0.717) is 5.06 Å². The molecule has 0 bridgehead atoms. The third kappa shape index (κ3) is 3.39. The van der Waals surface area contributed by atoms with Crippen LogP contribution < -0.4 is 0 Å². The Bertz CT molecular complexity index is 282. The molecule has 1 N–H and O–H groups in total. The normalized spacial score (nSPS) is 16.3. The second-order valence-electron chi connectivity index (χ2n) is 3.59. The van der Waals surface area contributed by atoms with Gasteiger partial charge in [0, 0.05) is 12.8 Å². The maximum Gasteiger partial charge on any atom is 2.00 e. The predicted octanol–water partition coefficient (Wildman–Crippen LogP) is 0.422. The summed E-state index contributed by atoms with van der Waals surface area (Å²) < 4.78 is 0. The van der Waals surface area contributed by atoms with Crippen molar-refractivity contribution < 1.29 is 40.3 Å². The Morgan fingerprint density at radius 1 is 1.33 bits per heavy atom. The first kappa shape index (κ1) is 14.3. The number of hydrogen-bond acceptors (Lipinski definition) is 4. The van der Waals surface area contributed by atoms with Crippen LogP contribution in [0.4, 0.5) is 0 Å². The maximum absolute atomic E-state index is 11.2. The topological polar surface area (TPSA) is 87.5 Å². The second kappa shape index (κ2) is 4.85. The van der Waals surface area contributed by atoms with Crippen LogP contribution in [-0.2, 0) is 40.3 Å². The summed E-state index contributed by atoms with van der Waals surface area (Å²) in [5.74, 6) is -1.98. The summed E-state index contributed by atoms with van der Waals surface area (Å²) in [5.41, 5.74) is 5.84. The van der Waals surface area contributed by atoms with Gasteiger partial charge in [-0.3, -0.25) is 14.4 Å². The first-order valence-corrected chi connectivity index (χ1v) is 4.15. The SMILES string of the molecule is CC(C)([NH-])C(=O)ON1C(=O)CCC1=O.[Pt+2].